The monoisotopic (exact) mass is 401 g/mol. The van der Waals surface area contributed by atoms with E-state index in [0.717, 1.165) is 31.1 Å². The molecule has 8 nitrogen and oxygen atoms in total. The smallest absolute Gasteiger partial charge is 0.407 e. The number of nitrogens with zero attached hydrogens (tertiary/aromatic N) is 3. The molecule has 2 aromatic heterocycles. The summed E-state index contributed by atoms with van der Waals surface area (Å²) in [7, 11) is 0. The van der Waals surface area contributed by atoms with Crippen molar-refractivity contribution < 1.29 is 9.53 Å². The molecule has 1 fully saturated rings. The van der Waals surface area contributed by atoms with E-state index in [1.54, 1.807) is 22.9 Å². The molecule has 0 bridgehead atoms. The molecule has 2 N–H and O–H groups in total. The number of alkyl carbamates (subject to hydrolysis) is 1. The van der Waals surface area contributed by atoms with Crippen LogP contribution < -0.4 is 16.2 Å². The van der Waals surface area contributed by atoms with Crippen LogP contribution >= 0.6 is 0 Å². The molecular weight excluding hydrogens is 370 g/mol. The highest BCUT2D eigenvalue weighted by Gasteiger charge is 2.25. The number of pyridine rings is 1. The van der Waals surface area contributed by atoms with Gasteiger partial charge in [0.15, 0.2) is 0 Å². The predicted molar refractivity (Wildman–Crippen MR) is 113 cm³/mol. The van der Waals surface area contributed by atoms with Gasteiger partial charge in [-0.05, 0) is 66.4 Å². The van der Waals surface area contributed by atoms with Crippen molar-refractivity contribution in [2.45, 2.75) is 84.0 Å². The molecule has 0 unspecified atom stereocenters. The highest BCUT2D eigenvalue weighted by molar-refractivity contribution is 5.75. The standard InChI is InChI=1S/C21H31N5O3/c1-13(2)26-17(27)11-6-14-12-22-19(25-18(14)26)23-15-7-9-16(10-8-15)24-20(28)29-21(3,4)5/h6,11-13,15-16H,7-10H2,1-5H3,(H,24,28)(H,22,23,25)/t15-,16+. The average Bonchev–Trinajstić information content (AvgIpc) is 2.61. The zero-order chi connectivity index (χ0) is 21.2. The lowest BCUT2D eigenvalue weighted by Gasteiger charge is -2.30. The van der Waals surface area contributed by atoms with Crippen LogP contribution in [0.1, 0.15) is 66.3 Å². The summed E-state index contributed by atoms with van der Waals surface area (Å²) < 4.78 is 7.01. The second-order valence-corrected chi connectivity index (χ2v) is 8.95. The molecule has 0 aliphatic heterocycles. The third-order valence-corrected chi connectivity index (χ3v) is 4.96. The van der Waals surface area contributed by atoms with Crippen molar-refractivity contribution in [1.29, 1.82) is 0 Å². The fourth-order valence-corrected chi connectivity index (χ4v) is 3.65. The van der Waals surface area contributed by atoms with Crippen molar-refractivity contribution in [1.82, 2.24) is 19.9 Å². The molecule has 0 atom stereocenters. The third-order valence-electron chi connectivity index (χ3n) is 4.96. The largest absolute Gasteiger partial charge is 0.444 e. The molecule has 2 heterocycles. The number of hydrogen-bond donors (Lipinski definition) is 2. The van der Waals surface area contributed by atoms with Gasteiger partial charge in [-0.2, -0.15) is 4.98 Å². The summed E-state index contributed by atoms with van der Waals surface area (Å²) in [4.78, 5) is 33.2. The van der Waals surface area contributed by atoms with Crippen LogP contribution in [0, 0.1) is 0 Å². The summed E-state index contributed by atoms with van der Waals surface area (Å²) in [5, 5.41) is 7.18. The number of rotatable bonds is 4. The zero-order valence-electron chi connectivity index (χ0n) is 17.9. The Morgan fingerprint density at radius 2 is 1.83 bits per heavy atom. The maximum Gasteiger partial charge on any atom is 0.407 e. The van der Waals surface area contributed by atoms with Gasteiger partial charge < -0.3 is 15.4 Å². The van der Waals surface area contributed by atoms with Crippen LogP contribution in [0.3, 0.4) is 0 Å². The highest BCUT2D eigenvalue weighted by atomic mass is 16.6. The summed E-state index contributed by atoms with van der Waals surface area (Å²) in [5.41, 5.74) is 0.0868. The second-order valence-electron chi connectivity index (χ2n) is 8.95. The Labute approximate surface area is 171 Å². The molecule has 0 saturated heterocycles. The van der Waals surface area contributed by atoms with Crippen molar-refractivity contribution >= 4 is 23.1 Å². The molecule has 1 saturated carbocycles. The van der Waals surface area contributed by atoms with E-state index in [0.29, 0.717) is 11.6 Å². The molecule has 2 aromatic rings. The Hall–Kier alpha value is -2.64. The van der Waals surface area contributed by atoms with Crippen LogP contribution in [0.4, 0.5) is 10.7 Å². The van der Waals surface area contributed by atoms with Gasteiger partial charge in [-0.15, -0.1) is 0 Å². The molecular formula is C21H31N5O3. The first-order chi connectivity index (χ1) is 13.6. The van der Waals surface area contributed by atoms with Crippen molar-refractivity contribution in [3.8, 4) is 0 Å². The number of fused-ring (bicyclic) bond motifs is 1. The van der Waals surface area contributed by atoms with E-state index in [1.165, 1.54) is 0 Å². The Balaban J connectivity index is 1.62. The van der Waals surface area contributed by atoms with Gasteiger partial charge in [0.25, 0.3) is 5.56 Å². The Morgan fingerprint density at radius 3 is 2.45 bits per heavy atom. The van der Waals surface area contributed by atoms with Crippen molar-refractivity contribution in [2.75, 3.05) is 5.32 Å². The molecule has 0 spiro atoms. The Kier molecular flexibility index (Phi) is 6.10. The maximum atomic E-state index is 12.2. The van der Waals surface area contributed by atoms with Crippen LogP contribution in [-0.4, -0.2) is 38.3 Å². The molecule has 29 heavy (non-hydrogen) atoms. The molecule has 3 rings (SSSR count). The van der Waals surface area contributed by atoms with Crippen LogP contribution in [0.25, 0.3) is 11.0 Å². The first-order valence-electron chi connectivity index (χ1n) is 10.3. The molecule has 1 amide bonds. The Morgan fingerprint density at radius 1 is 1.17 bits per heavy atom. The van der Waals surface area contributed by atoms with Gasteiger partial charge in [0.2, 0.25) is 5.95 Å². The van der Waals surface area contributed by atoms with Gasteiger partial charge in [0, 0.05) is 35.8 Å². The predicted octanol–water partition coefficient (Wildman–Crippen LogP) is 3.62. The fraction of sp³-hybridized carbons (Fsp3) is 0.619. The fourth-order valence-electron chi connectivity index (χ4n) is 3.65. The summed E-state index contributed by atoms with van der Waals surface area (Å²) in [6.07, 6.45) is 4.90. The molecule has 8 heteroatoms. The van der Waals surface area contributed by atoms with Crippen molar-refractivity contribution in [3.05, 3.63) is 28.7 Å². The molecule has 0 radical (unpaired) electrons. The lowest BCUT2D eigenvalue weighted by Crippen LogP contribution is -2.42. The van der Waals surface area contributed by atoms with Gasteiger partial charge in [-0.3, -0.25) is 9.36 Å². The van der Waals surface area contributed by atoms with Gasteiger partial charge in [0.1, 0.15) is 11.2 Å². The Bertz CT molecular complexity index is 924. The number of carbonyl (C=O) groups is 1. The first-order valence-corrected chi connectivity index (χ1v) is 10.3. The van der Waals surface area contributed by atoms with Gasteiger partial charge in [-0.1, -0.05) is 0 Å². The zero-order valence-corrected chi connectivity index (χ0v) is 17.9. The quantitative estimate of drug-likeness (QED) is 0.812. The van der Waals surface area contributed by atoms with Gasteiger partial charge in [-0.25, -0.2) is 9.78 Å². The molecule has 1 aliphatic rings. The lowest BCUT2D eigenvalue weighted by molar-refractivity contribution is 0.0492. The summed E-state index contributed by atoms with van der Waals surface area (Å²) >= 11 is 0. The van der Waals surface area contributed by atoms with Crippen LogP contribution in [0.15, 0.2) is 23.1 Å². The van der Waals surface area contributed by atoms with E-state index in [4.69, 9.17) is 4.74 Å². The summed E-state index contributed by atoms with van der Waals surface area (Å²) in [5.74, 6) is 0.529. The number of aromatic nitrogens is 3. The molecule has 1 aliphatic carbocycles. The average molecular weight is 402 g/mol. The van der Waals surface area contributed by atoms with Crippen molar-refractivity contribution in [3.63, 3.8) is 0 Å². The number of amides is 1. The summed E-state index contributed by atoms with van der Waals surface area (Å²) in [6.45, 7) is 9.51. The first kappa shape index (κ1) is 21.1. The minimum Gasteiger partial charge on any atom is -0.444 e. The third kappa shape index (κ3) is 5.46. The van der Waals surface area contributed by atoms with Gasteiger partial charge in [0.05, 0.1) is 0 Å². The normalized spacial score (nSPS) is 19.9. The minimum atomic E-state index is -0.493. The van der Waals surface area contributed by atoms with Gasteiger partial charge >= 0.3 is 6.09 Å². The highest BCUT2D eigenvalue weighted by Crippen LogP contribution is 2.22. The van der Waals surface area contributed by atoms with E-state index >= 15 is 0 Å². The lowest BCUT2D eigenvalue weighted by atomic mass is 9.91. The number of hydrogen-bond acceptors (Lipinski definition) is 6. The second kappa shape index (κ2) is 8.39. The minimum absolute atomic E-state index is 0.0170. The molecule has 0 aromatic carbocycles. The van der Waals surface area contributed by atoms with Crippen molar-refractivity contribution in [2.24, 2.45) is 0 Å². The van der Waals surface area contributed by atoms with E-state index in [2.05, 4.69) is 20.6 Å². The SMILES string of the molecule is CC(C)n1c(=O)ccc2cnc(N[C@H]3CC[C@@H](NC(=O)OC(C)(C)C)CC3)nc21. The van der Waals surface area contributed by atoms with E-state index in [9.17, 15) is 9.59 Å². The van der Waals surface area contributed by atoms with E-state index in [-0.39, 0.29) is 29.8 Å². The summed E-state index contributed by atoms with van der Waals surface area (Å²) in [6, 6.07) is 3.67. The van der Waals surface area contributed by atoms with E-state index in [1.807, 2.05) is 34.6 Å². The topological polar surface area (TPSA) is 98.1 Å². The number of anilines is 1. The number of ether oxygens (including phenoxy) is 1. The van der Waals surface area contributed by atoms with Crippen LogP contribution in [0.5, 0.6) is 0 Å². The van der Waals surface area contributed by atoms with Crippen LogP contribution in [-0.2, 0) is 4.74 Å². The van der Waals surface area contributed by atoms with E-state index < -0.39 is 5.60 Å². The number of nitrogens with one attached hydrogen (secondary N) is 2. The maximum absolute atomic E-state index is 12.2. The van der Waals surface area contributed by atoms with Crippen LogP contribution in [0.2, 0.25) is 0 Å². The number of carbonyl (C=O) groups excluding carboxylic acids is 1. The molecule has 158 valence electrons.